The van der Waals surface area contributed by atoms with E-state index in [1.54, 1.807) is 24.3 Å². The molecule has 3 aliphatic rings. The highest BCUT2D eigenvalue weighted by Crippen LogP contribution is 2.41. The van der Waals surface area contributed by atoms with Gasteiger partial charge >= 0.3 is 0 Å². The summed E-state index contributed by atoms with van der Waals surface area (Å²) in [5, 5.41) is 41.9. The summed E-state index contributed by atoms with van der Waals surface area (Å²) >= 11 is 0. The number of aromatic amines is 4. The zero-order valence-electron chi connectivity index (χ0n) is 63.0. The van der Waals surface area contributed by atoms with Crippen LogP contribution in [0.3, 0.4) is 0 Å². The van der Waals surface area contributed by atoms with E-state index < -0.39 is 0 Å². The van der Waals surface area contributed by atoms with Gasteiger partial charge in [-0.2, -0.15) is 20.4 Å². The summed E-state index contributed by atoms with van der Waals surface area (Å²) in [6.45, 7) is 4.24. The molecule has 18 rings (SSSR count). The quantitative estimate of drug-likeness (QED) is 0.0421. The van der Waals surface area contributed by atoms with Gasteiger partial charge < -0.3 is 20.9 Å². The summed E-state index contributed by atoms with van der Waals surface area (Å²) in [6.07, 6.45) is 5.80. The van der Waals surface area contributed by atoms with Gasteiger partial charge in [0.1, 0.15) is 0 Å². The van der Waals surface area contributed by atoms with Crippen LogP contribution >= 0.6 is 0 Å². The number of benzene rings is 11. The first-order valence-electron chi connectivity index (χ1n) is 38.6. The second-order valence-electron chi connectivity index (χ2n) is 29.0. The molecular weight excluding hydrogens is 1440 g/mol. The monoisotopic (exact) mass is 1520 g/mol. The summed E-state index contributed by atoms with van der Waals surface area (Å²) in [6, 6.07) is 91.5. The molecule has 11 aromatic carbocycles. The maximum atomic E-state index is 12.9. The first-order chi connectivity index (χ1) is 56.3. The Bertz CT molecular complexity index is 6210. The fourth-order valence-corrected chi connectivity index (χ4v) is 14.5. The molecule has 2 aliphatic carbocycles. The molecule has 15 aromatic rings. The SMILES string of the molecule is O=C(Cc1ccc(-c2n[nH]c(=O)c3ccccc23)cc1)N1CCN(Cc2ccccc2)CC1.O=C(Cc1ccc(-c2n[nH]c(=O)c3ccccc23)cc1)NC1CCC1.O=C(Cc1ccc(-c2n[nH]c(=O)c3ccccc23)cc1)N[C@H]1C[C@@H]1c1ccccc1.O=C(Cc1ccc(-c2n[nH]c(=O)c3ccccc23)cc1)Nc1ccccc1. The van der Waals surface area contributed by atoms with Crippen molar-refractivity contribution in [2.75, 3.05) is 31.5 Å². The zero-order valence-corrected chi connectivity index (χ0v) is 63.0. The number of hydrogen-bond donors (Lipinski definition) is 7. The predicted molar refractivity (Wildman–Crippen MR) is 451 cm³/mol. The number of H-pyrrole nitrogens is 4. The van der Waals surface area contributed by atoms with Crippen LogP contribution in [0.15, 0.2) is 304 Å². The molecule has 0 spiro atoms. The Morgan fingerprint density at radius 3 is 1.04 bits per heavy atom. The van der Waals surface area contributed by atoms with Crippen LogP contribution in [0.5, 0.6) is 0 Å². The van der Waals surface area contributed by atoms with Crippen LogP contribution in [-0.4, -0.2) is 112 Å². The van der Waals surface area contributed by atoms with E-state index in [1.165, 1.54) is 17.5 Å². The number of aromatic nitrogens is 8. The van der Waals surface area contributed by atoms with Crippen molar-refractivity contribution in [3.05, 3.63) is 360 Å². The third kappa shape index (κ3) is 19.1. The van der Waals surface area contributed by atoms with Crippen LogP contribution in [-0.2, 0) is 51.4 Å². The fourth-order valence-electron chi connectivity index (χ4n) is 14.5. The molecule has 1 saturated heterocycles. The van der Waals surface area contributed by atoms with Gasteiger partial charge in [0, 0.05) is 100 Å². The summed E-state index contributed by atoms with van der Waals surface area (Å²) < 4.78 is 0. The van der Waals surface area contributed by atoms with Gasteiger partial charge in [-0.15, -0.1) is 0 Å². The number of rotatable bonds is 18. The van der Waals surface area contributed by atoms with Gasteiger partial charge in [-0.1, -0.05) is 249 Å². The van der Waals surface area contributed by atoms with Gasteiger partial charge in [-0.05, 0) is 95.5 Å². The van der Waals surface area contributed by atoms with Crippen LogP contribution in [0, 0.1) is 0 Å². The Morgan fingerprint density at radius 2 is 0.670 bits per heavy atom. The minimum atomic E-state index is -0.205. The molecule has 3 fully saturated rings. The minimum absolute atomic E-state index is 0.0406. The van der Waals surface area contributed by atoms with Gasteiger partial charge in [0.2, 0.25) is 23.6 Å². The Labute approximate surface area is 661 Å². The molecule has 1 aliphatic heterocycles. The average Bonchev–Trinajstić information content (AvgIpc) is 1.23. The van der Waals surface area contributed by atoms with Crippen molar-refractivity contribution in [3.8, 4) is 45.0 Å². The van der Waals surface area contributed by atoms with Gasteiger partial charge in [0.25, 0.3) is 22.2 Å². The molecule has 21 heteroatoms. The molecule has 0 radical (unpaired) electrons. The summed E-state index contributed by atoms with van der Waals surface area (Å²) in [7, 11) is 0. The average molecular weight is 1520 g/mol. The topological polar surface area (TPSA) is 294 Å². The number of piperazine rings is 1. The third-order valence-electron chi connectivity index (χ3n) is 21.0. The van der Waals surface area contributed by atoms with Crippen molar-refractivity contribution >= 4 is 72.4 Å². The Kier molecular flexibility index (Phi) is 23.8. The molecule has 5 heterocycles. The predicted octanol–water partition coefficient (Wildman–Crippen LogP) is 13.9. The second kappa shape index (κ2) is 35.9. The van der Waals surface area contributed by atoms with Crippen molar-refractivity contribution in [1.29, 1.82) is 0 Å². The van der Waals surface area contributed by atoms with E-state index in [1.807, 2.05) is 229 Å². The van der Waals surface area contributed by atoms with Crippen molar-refractivity contribution in [1.82, 2.24) is 61.2 Å². The number of para-hydroxylation sites is 1. The molecule has 572 valence electrons. The molecule has 21 nitrogen and oxygen atoms in total. The van der Waals surface area contributed by atoms with E-state index in [0.29, 0.717) is 58.5 Å². The van der Waals surface area contributed by atoms with Crippen LogP contribution in [0.1, 0.15) is 65.0 Å². The molecule has 7 N–H and O–H groups in total. The number of carbonyl (C=O) groups is 4. The lowest BCUT2D eigenvalue weighted by atomic mass is 9.93. The standard InChI is InChI=1S/C27H26N4O2.C25H21N3O2.C22H17N3O2.C20H19N3O2/c32-25(31-16-14-30(15-17-31)19-21-6-2-1-3-7-21)18-20-10-12-22(13-11-20)26-23-8-4-5-9-24(23)27(33)29-28-26;29-23(26-22-15-21(22)17-6-2-1-3-7-17)14-16-10-12-18(13-11-16)24-19-8-4-5-9-20(19)25(30)28-27-24;26-20(23-17-6-2-1-3-7-17)14-15-10-12-16(13-11-15)21-18-8-4-5-9-19(18)22(27)25-24-21;24-18(21-15-4-3-5-15)12-13-8-10-14(11-9-13)19-16-6-1-2-7-17(16)20(25)23-22-19/h1-13H,14-19H2,(H,29,33);1-13,21-22H,14-15H2,(H,26,29)(H,28,30);1-13H,14H2,(H,23,26)(H,25,27);1-2,6-11,15H,3-5,12H2,(H,21,24)(H,23,25)/t;21-,22+;;/m.1../s1. The smallest absolute Gasteiger partial charge is 0.272 e. The molecule has 4 aromatic heterocycles. The van der Waals surface area contributed by atoms with Crippen molar-refractivity contribution < 1.29 is 19.2 Å². The number of amides is 4. The van der Waals surface area contributed by atoms with Gasteiger partial charge in [0.15, 0.2) is 0 Å². The van der Waals surface area contributed by atoms with Crippen LogP contribution in [0.4, 0.5) is 5.69 Å². The summed E-state index contributed by atoms with van der Waals surface area (Å²) in [5.41, 5.74) is 12.9. The maximum Gasteiger partial charge on any atom is 0.272 e. The first kappa shape index (κ1) is 76.2. The van der Waals surface area contributed by atoms with Gasteiger partial charge in [0.05, 0.1) is 70.0 Å². The lowest BCUT2D eigenvalue weighted by molar-refractivity contribution is -0.132. The second-order valence-corrected chi connectivity index (χ2v) is 29.0. The van der Waals surface area contributed by atoms with Crippen LogP contribution in [0.25, 0.3) is 88.1 Å². The molecule has 2 atom stereocenters. The third-order valence-corrected chi connectivity index (χ3v) is 21.0. The largest absolute Gasteiger partial charge is 0.353 e. The normalized spacial score (nSPS) is 14.3. The maximum absolute atomic E-state index is 12.9. The van der Waals surface area contributed by atoms with E-state index in [0.717, 1.165) is 141 Å². The Hall–Kier alpha value is -14.2. The zero-order chi connectivity index (χ0) is 79.0. The van der Waals surface area contributed by atoms with E-state index >= 15 is 0 Å². The van der Waals surface area contributed by atoms with E-state index in [4.69, 9.17) is 0 Å². The molecule has 0 unspecified atom stereocenters. The van der Waals surface area contributed by atoms with Gasteiger partial charge in [-0.3, -0.25) is 43.3 Å². The van der Waals surface area contributed by atoms with E-state index in [-0.39, 0.29) is 58.3 Å². The van der Waals surface area contributed by atoms with Crippen LogP contribution < -0.4 is 38.2 Å². The van der Waals surface area contributed by atoms with Gasteiger partial charge in [-0.25, -0.2) is 20.4 Å². The Balaban J connectivity index is 0.000000121. The number of fused-ring (bicyclic) bond motifs is 4. The highest BCUT2D eigenvalue weighted by Gasteiger charge is 2.39. The number of anilines is 1. The molecular formula is C94H83N13O8. The number of carbonyl (C=O) groups excluding carboxylic acids is 4. The summed E-state index contributed by atoms with van der Waals surface area (Å²) in [4.78, 5) is 102. The first-order valence-corrected chi connectivity index (χ1v) is 38.6. The Morgan fingerprint density at radius 1 is 0.339 bits per heavy atom. The summed E-state index contributed by atoms with van der Waals surface area (Å²) in [5.74, 6) is 0.636. The van der Waals surface area contributed by atoms with Crippen LogP contribution in [0.2, 0.25) is 0 Å². The molecule has 4 amide bonds. The fraction of sp³-hybridized carbons (Fsp3) is 0.170. The van der Waals surface area contributed by atoms with E-state index in [9.17, 15) is 38.4 Å². The van der Waals surface area contributed by atoms with Crippen molar-refractivity contribution in [3.63, 3.8) is 0 Å². The minimum Gasteiger partial charge on any atom is -0.353 e. The van der Waals surface area contributed by atoms with Crippen molar-refractivity contribution in [2.24, 2.45) is 0 Å². The molecule has 115 heavy (non-hydrogen) atoms. The van der Waals surface area contributed by atoms with E-state index in [2.05, 4.69) is 98.0 Å². The molecule has 0 bridgehead atoms. The number of nitrogens with zero attached hydrogens (tertiary/aromatic N) is 6. The van der Waals surface area contributed by atoms with Crippen molar-refractivity contribution in [2.45, 2.75) is 75.9 Å². The number of nitrogens with one attached hydrogen (secondary N) is 7. The highest BCUT2D eigenvalue weighted by molar-refractivity contribution is 5.97. The lowest BCUT2D eigenvalue weighted by Crippen LogP contribution is -2.48. The highest BCUT2D eigenvalue weighted by atomic mass is 16.2. The molecule has 2 saturated carbocycles. The lowest BCUT2D eigenvalue weighted by Gasteiger charge is -2.34. The number of hydrogen-bond acceptors (Lipinski definition) is 13.